The zero-order chi connectivity index (χ0) is 8.66. The highest BCUT2D eigenvalue weighted by Gasteiger charge is 2.44. The molecule has 1 spiro atoms. The van der Waals surface area contributed by atoms with Gasteiger partial charge in [0.05, 0.1) is 12.1 Å². The Labute approximate surface area is 71.4 Å². The van der Waals surface area contributed by atoms with E-state index in [-0.39, 0.29) is 5.54 Å². The number of rotatable bonds is 0. The molecule has 1 atom stereocenters. The third-order valence-electron chi connectivity index (χ3n) is 2.83. The van der Waals surface area contributed by atoms with Crippen LogP contribution in [0.15, 0.2) is 0 Å². The van der Waals surface area contributed by atoms with Crippen LogP contribution in [0.5, 0.6) is 0 Å². The predicted molar refractivity (Wildman–Crippen MR) is 42.4 cm³/mol. The van der Waals surface area contributed by atoms with Crippen LogP contribution >= 0.6 is 0 Å². The molecule has 0 bridgehead atoms. The molecule has 1 saturated carbocycles. The fourth-order valence-corrected chi connectivity index (χ4v) is 2.18. The predicted octanol–water partition coefficient (Wildman–Crippen LogP) is 0.416. The standard InChI is InChI=1S/C7H15N3O2/c11-10(12)8-6-7(9-10)4-2-1-3-5-7/h8-9,11H,1-6H2. The van der Waals surface area contributed by atoms with Gasteiger partial charge in [0.1, 0.15) is 0 Å². The molecule has 12 heavy (non-hydrogen) atoms. The summed E-state index contributed by atoms with van der Waals surface area (Å²) in [6.07, 6.45) is 5.52. The highest BCUT2D eigenvalue weighted by molar-refractivity contribution is 4.91. The van der Waals surface area contributed by atoms with Crippen molar-refractivity contribution < 1.29 is 10.2 Å². The highest BCUT2D eigenvalue weighted by Crippen LogP contribution is 2.31. The first-order chi connectivity index (χ1) is 5.62. The lowest BCUT2D eigenvalue weighted by molar-refractivity contribution is -1.12. The third-order valence-corrected chi connectivity index (χ3v) is 2.83. The van der Waals surface area contributed by atoms with E-state index in [9.17, 15) is 5.21 Å². The molecular formula is C7H15N3O2. The van der Waals surface area contributed by atoms with E-state index in [2.05, 4.69) is 10.9 Å². The molecule has 1 aliphatic heterocycles. The summed E-state index contributed by atoms with van der Waals surface area (Å²) in [6, 6.07) is 0. The summed E-state index contributed by atoms with van der Waals surface area (Å²) in [7, 11) is 0. The van der Waals surface area contributed by atoms with Gasteiger partial charge >= 0.3 is 0 Å². The van der Waals surface area contributed by atoms with Crippen LogP contribution in [0.25, 0.3) is 0 Å². The topological polar surface area (TPSA) is 67.3 Å². The van der Waals surface area contributed by atoms with Crippen molar-refractivity contribution >= 4 is 0 Å². The van der Waals surface area contributed by atoms with E-state index in [1.807, 2.05) is 0 Å². The first kappa shape index (κ1) is 8.40. The molecule has 2 rings (SSSR count). The summed E-state index contributed by atoms with van der Waals surface area (Å²) in [5.41, 5.74) is 5.01. The first-order valence-electron chi connectivity index (χ1n) is 4.49. The molecule has 70 valence electrons. The van der Waals surface area contributed by atoms with Gasteiger partial charge in [-0.25, -0.2) is 0 Å². The summed E-state index contributed by atoms with van der Waals surface area (Å²) in [6.45, 7) is 0.576. The molecule has 5 heteroatoms. The quantitative estimate of drug-likeness (QED) is 0.367. The van der Waals surface area contributed by atoms with Crippen LogP contribution in [0.2, 0.25) is 0 Å². The molecule has 0 aromatic heterocycles. The zero-order valence-electron chi connectivity index (χ0n) is 7.05. The van der Waals surface area contributed by atoms with Crippen molar-refractivity contribution in [2.24, 2.45) is 0 Å². The lowest BCUT2D eigenvalue weighted by atomic mass is 9.83. The molecule has 1 heterocycles. The van der Waals surface area contributed by atoms with Gasteiger partial charge in [-0.1, -0.05) is 24.3 Å². The molecule has 1 aliphatic carbocycles. The molecule has 1 unspecified atom stereocenters. The molecule has 1 saturated heterocycles. The third kappa shape index (κ3) is 1.46. The van der Waals surface area contributed by atoms with Crippen molar-refractivity contribution in [1.29, 1.82) is 0 Å². The number of hydrogen-bond acceptors (Lipinski definition) is 4. The molecule has 0 radical (unpaired) electrons. The van der Waals surface area contributed by atoms with Crippen molar-refractivity contribution in [3.05, 3.63) is 5.21 Å². The van der Waals surface area contributed by atoms with E-state index in [0.717, 1.165) is 25.7 Å². The Hall–Kier alpha value is -0.200. The van der Waals surface area contributed by atoms with Gasteiger partial charge in [-0.2, -0.15) is 5.21 Å². The van der Waals surface area contributed by atoms with Crippen LogP contribution in [-0.4, -0.2) is 22.3 Å². The fourth-order valence-electron chi connectivity index (χ4n) is 2.18. The SMILES string of the molecule is [O-][N+]1(O)NCC2(CCCCC2)N1. The van der Waals surface area contributed by atoms with Crippen molar-refractivity contribution in [3.8, 4) is 0 Å². The Morgan fingerprint density at radius 3 is 2.42 bits per heavy atom. The number of nitrogens with zero attached hydrogens (tertiary/aromatic N) is 1. The van der Waals surface area contributed by atoms with Crippen LogP contribution in [0.3, 0.4) is 0 Å². The molecule has 2 fully saturated rings. The second kappa shape index (κ2) is 2.65. The van der Waals surface area contributed by atoms with Gasteiger partial charge in [-0.3, -0.25) is 0 Å². The zero-order valence-corrected chi connectivity index (χ0v) is 7.05. The normalized spacial score (nSPS) is 40.5. The summed E-state index contributed by atoms with van der Waals surface area (Å²) < 4.78 is 0. The van der Waals surface area contributed by atoms with E-state index in [0.29, 0.717) is 6.54 Å². The van der Waals surface area contributed by atoms with Crippen LogP contribution < -0.4 is 10.9 Å². The Balaban J connectivity index is 2.03. The molecule has 0 amide bonds. The Morgan fingerprint density at radius 1 is 1.25 bits per heavy atom. The van der Waals surface area contributed by atoms with E-state index < -0.39 is 5.03 Å². The van der Waals surface area contributed by atoms with E-state index >= 15 is 0 Å². The molecular weight excluding hydrogens is 158 g/mol. The molecule has 5 nitrogen and oxygen atoms in total. The molecule has 2 aliphatic rings. The summed E-state index contributed by atoms with van der Waals surface area (Å²) >= 11 is 0. The summed E-state index contributed by atoms with van der Waals surface area (Å²) in [4.78, 5) is 0. The maximum atomic E-state index is 11.0. The Kier molecular flexibility index (Phi) is 1.85. The largest absolute Gasteiger partial charge is 0.557 e. The van der Waals surface area contributed by atoms with Gasteiger partial charge in [0.25, 0.3) is 0 Å². The molecule has 3 N–H and O–H groups in total. The Bertz CT molecular complexity index is 177. The minimum atomic E-state index is -1.47. The van der Waals surface area contributed by atoms with E-state index in [1.54, 1.807) is 0 Å². The van der Waals surface area contributed by atoms with Crippen molar-refractivity contribution in [3.63, 3.8) is 0 Å². The number of quaternary nitrogens is 1. The van der Waals surface area contributed by atoms with Gasteiger partial charge in [-0.05, 0) is 12.8 Å². The minimum absolute atomic E-state index is 0.144. The van der Waals surface area contributed by atoms with Crippen LogP contribution in [-0.2, 0) is 0 Å². The Morgan fingerprint density at radius 2 is 1.92 bits per heavy atom. The monoisotopic (exact) mass is 173 g/mol. The van der Waals surface area contributed by atoms with Gasteiger partial charge in [-0.15, -0.1) is 10.9 Å². The van der Waals surface area contributed by atoms with Crippen molar-refractivity contribution in [2.75, 3.05) is 6.54 Å². The second-order valence-electron chi connectivity index (χ2n) is 3.86. The lowest BCUT2D eigenvalue weighted by Gasteiger charge is -2.33. The minimum Gasteiger partial charge on any atom is -0.557 e. The van der Waals surface area contributed by atoms with Crippen molar-refractivity contribution in [1.82, 2.24) is 10.9 Å². The first-order valence-corrected chi connectivity index (χ1v) is 4.49. The van der Waals surface area contributed by atoms with Crippen LogP contribution in [0.1, 0.15) is 32.1 Å². The van der Waals surface area contributed by atoms with Crippen molar-refractivity contribution in [2.45, 2.75) is 37.6 Å². The fraction of sp³-hybridized carbons (Fsp3) is 1.00. The summed E-state index contributed by atoms with van der Waals surface area (Å²) in [5.74, 6) is 0. The highest BCUT2D eigenvalue weighted by atomic mass is 16.9. The summed E-state index contributed by atoms with van der Waals surface area (Å²) in [5, 5.41) is 18.6. The van der Waals surface area contributed by atoms with Gasteiger partial charge in [0.15, 0.2) is 0 Å². The van der Waals surface area contributed by atoms with Crippen LogP contribution in [0.4, 0.5) is 0 Å². The van der Waals surface area contributed by atoms with E-state index in [1.165, 1.54) is 6.42 Å². The smallest absolute Gasteiger partial charge is 0.0901 e. The molecule has 0 aromatic rings. The lowest BCUT2D eigenvalue weighted by Crippen LogP contribution is -2.56. The van der Waals surface area contributed by atoms with Gasteiger partial charge < -0.3 is 5.21 Å². The maximum Gasteiger partial charge on any atom is 0.0901 e. The van der Waals surface area contributed by atoms with Gasteiger partial charge in [0, 0.05) is 0 Å². The van der Waals surface area contributed by atoms with Gasteiger partial charge in [0.2, 0.25) is 0 Å². The van der Waals surface area contributed by atoms with E-state index in [4.69, 9.17) is 5.21 Å². The maximum absolute atomic E-state index is 11.0. The number of hydrogen-bond donors (Lipinski definition) is 3. The molecule has 0 aromatic carbocycles. The average molecular weight is 173 g/mol. The second-order valence-corrected chi connectivity index (χ2v) is 3.86. The number of nitrogens with one attached hydrogen (secondary N) is 2. The van der Waals surface area contributed by atoms with Crippen LogP contribution in [0, 0.1) is 5.21 Å². The average Bonchev–Trinajstić information content (AvgIpc) is 2.29.